The number of anilines is 1. The van der Waals surface area contributed by atoms with Crippen LogP contribution in [0.15, 0.2) is 23.6 Å². The number of likely N-dealkylation sites (tertiary alicyclic amines) is 1. The van der Waals surface area contributed by atoms with Gasteiger partial charge in [0.05, 0.1) is 16.4 Å². The van der Waals surface area contributed by atoms with Gasteiger partial charge in [-0.25, -0.2) is 9.37 Å². The van der Waals surface area contributed by atoms with Crippen molar-refractivity contribution in [3.8, 4) is 6.07 Å². The number of benzene rings is 1. The number of nitrogens with zero attached hydrogens (tertiary/aromatic N) is 3. The summed E-state index contributed by atoms with van der Waals surface area (Å²) in [4.78, 5) is 19.2. The molecule has 3 rings (SSSR count). The summed E-state index contributed by atoms with van der Waals surface area (Å²) < 4.78 is 13.6. The van der Waals surface area contributed by atoms with E-state index in [9.17, 15) is 9.18 Å². The van der Waals surface area contributed by atoms with Gasteiger partial charge in [0, 0.05) is 30.9 Å². The zero-order valence-electron chi connectivity index (χ0n) is 15.9. The molecule has 0 radical (unpaired) electrons. The molecule has 2 aromatic rings. The molecule has 1 amide bonds. The Balaban J connectivity index is 1.37. The van der Waals surface area contributed by atoms with E-state index in [1.807, 2.05) is 13.0 Å². The molecule has 1 saturated heterocycles. The summed E-state index contributed by atoms with van der Waals surface area (Å²) in [7, 11) is 0. The van der Waals surface area contributed by atoms with Crippen LogP contribution in [0.1, 0.15) is 29.1 Å². The molecule has 8 heteroatoms. The largest absolute Gasteiger partial charge is 0.382 e. The van der Waals surface area contributed by atoms with Gasteiger partial charge in [-0.1, -0.05) is 6.07 Å². The molecule has 1 aromatic heterocycles. The highest BCUT2D eigenvalue weighted by molar-refractivity contribution is 7.09. The summed E-state index contributed by atoms with van der Waals surface area (Å²) in [6, 6.07) is 6.32. The number of rotatable bonds is 7. The number of nitriles is 1. The van der Waals surface area contributed by atoms with E-state index in [1.54, 1.807) is 23.5 Å². The molecule has 0 spiro atoms. The number of carbonyl (C=O) groups excluding carboxylic acids is 1. The zero-order valence-corrected chi connectivity index (χ0v) is 16.7. The van der Waals surface area contributed by atoms with Gasteiger partial charge in [0.15, 0.2) is 0 Å². The first-order valence-corrected chi connectivity index (χ1v) is 10.3. The lowest BCUT2D eigenvalue weighted by atomic mass is 9.96. The Morgan fingerprint density at radius 3 is 2.86 bits per heavy atom. The number of nitrogens with one attached hydrogen (secondary N) is 2. The Bertz CT molecular complexity index is 855. The number of carbonyl (C=O) groups is 1. The van der Waals surface area contributed by atoms with Gasteiger partial charge in [0.25, 0.3) is 0 Å². The first-order valence-electron chi connectivity index (χ1n) is 9.40. The highest BCUT2D eigenvalue weighted by atomic mass is 32.1. The number of aromatic nitrogens is 1. The van der Waals surface area contributed by atoms with Crippen LogP contribution in [0.3, 0.4) is 0 Å². The Morgan fingerprint density at radius 1 is 1.39 bits per heavy atom. The maximum absolute atomic E-state index is 13.6. The maximum atomic E-state index is 13.6. The van der Waals surface area contributed by atoms with Gasteiger partial charge in [-0.2, -0.15) is 5.26 Å². The minimum Gasteiger partial charge on any atom is -0.382 e. The van der Waals surface area contributed by atoms with Crippen LogP contribution in [0.25, 0.3) is 0 Å². The molecule has 148 valence electrons. The van der Waals surface area contributed by atoms with Crippen molar-refractivity contribution in [3.63, 3.8) is 0 Å². The number of amides is 1. The average Bonchev–Trinajstić information content (AvgIpc) is 3.10. The molecule has 0 atom stereocenters. The summed E-state index contributed by atoms with van der Waals surface area (Å²) in [6.45, 7) is 5.50. The number of halogens is 1. The van der Waals surface area contributed by atoms with E-state index in [4.69, 9.17) is 5.26 Å². The van der Waals surface area contributed by atoms with Crippen LogP contribution in [0, 0.1) is 30.0 Å². The lowest BCUT2D eigenvalue weighted by Crippen LogP contribution is -2.41. The summed E-state index contributed by atoms with van der Waals surface area (Å²) >= 11 is 1.66. The molecule has 6 nitrogen and oxygen atoms in total. The van der Waals surface area contributed by atoms with E-state index >= 15 is 0 Å². The predicted octanol–water partition coefficient (Wildman–Crippen LogP) is 2.90. The third kappa shape index (κ3) is 5.27. The maximum Gasteiger partial charge on any atom is 0.223 e. The minimum absolute atomic E-state index is 0.00324. The Morgan fingerprint density at radius 2 is 2.18 bits per heavy atom. The fraction of sp³-hybridized carbons (Fsp3) is 0.450. The Hall–Kier alpha value is -2.50. The van der Waals surface area contributed by atoms with Gasteiger partial charge in [-0.15, -0.1) is 11.3 Å². The molecular formula is C20H24FN5OS. The monoisotopic (exact) mass is 401 g/mol. The van der Waals surface area contributed by atoms with Gasteiger partial charge in [-0.05, 0) is 45.0 Å². The summed E-state index contributed by atoms with van der Waals surface area (Å²) in [5, 5.41) is 18.1. The molecular weight excluding hydrogens is 377 g/mol. The van der Waals surface area contributed by atoms with Crippen LogP contribution in [0.2, 0.25) is 0 Å². The van der Waals surface area contributed by atoms with Crippen molar-refractivity contribution >= 4 is 22.9 Å². The number of thiazole rings is 1. The van der Waals surface area contributed by atoms with Crippen LogP contribution in [0.4, 0.5) is 10.1 Å². The second kappa shape index (κ2) is 9.62. The van der Waals surface area contributed by atoms with E-state index < -0.39 is 5.82 Å². The van der Waals surface area contributed by atoms with Crippen molar-refractivity contribution in [1.29, 1.82) is 5.26 Å². The molecule has 2 heterocycles. The topological polar surface area (TPSA) is 81.1 Å². The van der Waals surface area contributed by atoms with E-state index in [-0.39, 0.29) is 17.4 Å². The zero-order chi connectivity index (χ0) is 19.9. The van der Waals surface area contributed by atoms with Crippen LogP contribution in [0.5, 0.6) is 0 Å². The lowest BCUT2D eigenvalue weighted by molar-refractivity contribution is -0.126. The summed E-state index contributed by atoms with van der Waals surface area (Å²) in [5.41, 5.74) is 1.55. The minimum atomic E-state index is -0.545. The van der Waals surface area contributed by atoms with Crippen molar-refractivity contribution in [2.24, 2.45) is 5.92 Å². The quantitative estimate of drug-likeness (QED) is 0.698. The van der Waals surface area contributed by atoms with Gasteiger partial charge in [0.1, 0.15) is 17.4 Å². The van der Waals surface area contributed by atoms with Gasteiger partial charge >= 0.3 is 0 Å². The SMILES string of the molecule is Cc1nc(CN2CCC(C(=O)NCCNc3cccc(F)c3C#N)CC2)cs1. The molecule has 0 aliphatic carbocycles. The second-order valence-corrected chi connectivity index (χ2v) is 7.96. The molecule has 2 N–H and O–H groups in total. The lowest BCUT2D eigenvalue weighted by Gasteiger charge is -2.30. The molecule has 1 fully saturated rings. The van der Waals surface area contributed by atoms with Crippen molar-refractivity contribution in [1.82, 2.24) is 15.2 Å². The predicted molar refractivity (Wildman–Crippen MR) is 107 cm³/mol. The van der Waals surface area contributed by atoms with Crippen LogP contribution < -0.4 is 10.6 Å². The fourth-order valence-corrected chi connectivity index (χ4v) is 3.98. The van der Waals surface area contributed by atoms with Crippen molar-refractivity contribution < 1.29 is 9.18 Å². The molecule has 1 aromatic carbocycles. The average molecular weight is 402 g/mol. The first-order chi connectivity index (χ1) is 13.6. The molecule has 0 bridgehead atoms. The van der Waals surface area contributed by atoms with Crippen molar-refractivity contribution in [3.05, 3.63) is 45.7 Å². The van der Waals surface area contributed by atoms with Crippen molar-refractivity contribution in [2.45, 2.75) is 26.3 Å². The summed E-state index contributed by atoms with van der Waals surface area (Å²) in [5.74, 6) is -0.459. The highest BCUT2D eigenvalue weighted by Gasteiger charge is 2.25. The fourth-order valence-electron chi connectivity index (χ4n) is 3.38. The van der Waals surface area contributed by atoms with E-state index in [0.717, 1.165) is 43.2 Å². The standard InChI is InChI=1S/C20H24FN5OS/c1-14-25-16(13-28-14)12-26-9-5-15(6-10-26)20(27)24-8-7-23-19-4-2-3-18(21)17(19)11-22/h2-4,13,15,23H,5-10,12H2,1H3,(H,24,27). The molecule has 28 heavy (non-hydrogen) atoms. The molecule has 1 aliphatic heterocycles. The molecule has 1 aliphatic rings. The first kappa shape index (κ1) is 20.2. The normalized spacial score (nSPS) is 15.2. The second-order valence-electron chi connectivity index (χ2n) is 6.90. The number of hydrogen-bond acceptors (Lipinski definition) is 6. The van der Waals surface area contributed by atoms with Gasteiger partial charge < -0.3 is 10.6 Å². The van der Waals surface area contributed by atoms with E-state index in [2.05, 4.69) is 25.9 Å². The third-order valence-electron chi connectivity index (χ3n) is 4.88. The summed E-state index contributed by atoms with van der Waals surface area (Å²) in [6.07, 6.45) is 1.68. The smallest absolute Gasteiger partial charge is 0.223 e. The highest BCUT2D eigenvalue weighted by Crippen LogP contribution is 2.20. The third-order valence-corrected chi connectivity index (χ3v) is 5.70. The number of hydrogen-bond donors (Lipinski definition) is 2. The molecule has 0 saturated carbocycles. The van der Waals surface area contributed by atoms with E-state index in [1.165, 1.54) is 6.07 Å². The molecule has 0 unspecified atom stereocenters. The van der Waals surface area contributed by atoms with E-state index in [0.29, 0.717) is 18.8 Å². The number of aryl methyl sites for hydroxylation is 1. The van der Waals surface area contributed by atoms with Crippen LogP contribution in [-0.4, -0.2) is 42.0 Å². The van der Waals surface area contributed by atoms with Crippen LogP contribution in [-0.2, 0) is 11.3 Å². The van der Waals surface area contributed by atoms with Gasteiger partial charge in [-0.3, -0.25) is 9.69 Å². The van der Waals surface area contributed by atoms with Crippen molar-refractivity contribution in [2.75, 3.05) is 31.5 Å². The van der Waals surface area contributed by atoms with Gasteiger partial charge in [0.2, 0.25) is 5.91 Å². The van der Waals surface area contributed by atoms with Crippen LogP contribution >= 0.6 is 11.3 Å². The Kier molecular flexibility index (Phi) is 6.95. The Labute approximate surface area is 168 Å². The number of piperidine rings is 1.